The topological polar surface area (TPSA) is 77.1 Å². The van der Waals surface area contributed by atoms with E-state index in [0.717, 1.165) is 28.8 Å². The summed E-state index contributed by atoms with van der Waals surface area (Å²) in [5.41, 5.74) is 5.58. The lowest BCUT2D eigenvalue weighted by Gasteiger charge is -2.16. The third-order valence-corrected chi connectivity index (χ3v) is 3.93. The Kier molecular flexibility index (Phi) is 4.19. The summed E-state index contributed by atoms with van der Waals surface area (Å²) in [5, 5.41) is 11.6. The van der Waals surface area contributed by atoms with Crippen molar-refractivity contribution >= 4 is 21.8 Å². The Labute approximate surface area is 120 Å². The van der Waals surface area contributed by atoms with E-state index in [1.54, 1.807) is 7.11 Å². The Morgan fingerprint density at radius 2 is 2.26 bits per heavy atom. The van der Waals surface area contributed by atoms with Gasteiger partial charge in [0.15, 0.2) is 0 Å². The highest BCUT2D eigenvalue weighted by molar-refractivity contribution is 9.10. The number of hydrogen-bond acceptors (Lipinski definition) is 4. The van der Waals surface area contributed by atoms with E-state index in [1.165, 1.54) is 0 Å². The first-order valence-electron chi connectivity index (χ1n) is 6.01. The highest BCUT2D eigenvalue weighted by Crippen LogP contribution is 2.49. The fourth-order valence-electron chi connectivity index (χ4n) is 1.92. The van der Waals surface area contributed by atoms with Gasteiger partial charge in [0.2, 0.25) is 0 Å². The van der Waals surface area contributed by atoms with Crippen LogP contribution >= 0.6 is 15.9 Å². The molecule has 1 aromatic rings. The number of nitrogens with two attached hydrogens (primary N) is 1. The molecule has 1 fully saturated rings. The summed E-state index contributed by atoms with van der Waals surface area (Å²) in [6, 6.07) is 5.57. The SMILES string of the molecule is COc1ccc(OCC2(C/C(N)=N/O)CC2)c(Br)c1. The van der Waals surface area contributed by atoms with E-state index in [9.17, 15) is 0 Å². The molecule has 0 amide bonds. The van der Waals surface area contributed by atoms with Crippen LogP contribution in [0.25, 0.3) is 0 Å². The van der Waals surface area contributed by atoms with Gasteiger partial charge in [0.05, 0.1) is 18.2 Å². The van der Waals surface area contributed by atoms with Gasteiger partial charge in [-0.05, 0) is 47.0 Å². The Morgan fingerprint density at radius 1 is 1.53 bits per heavy atom. The first kappa shape index (κ1) is 14.0. The quantitative estimate of drug-likeness (QED) is 0.364. The minimum atomic E-state index is 0.0235. The van der Waals surface area contributed by atoms with Crippen molar-refractivity contribution in [3.05, 3.63) is 22.7 Å². The van der Waals surface area contributed by atoms with Crippen LogP contribution < -0.4 is 15.2 Å². The Morgan fingerprint density at radius 3 is 2.79 bits per heavy atom. The number of amidine groups is 1. The Hall–Kier alpha value is -1.43. The van der Waals surface area contributed by atoms with Crippen molar-refractivity contribution in [1.82, 2.24) is 0 Å². The van der Waals surface area contributed by atoms with E-state index in [0.29, 0.717) is 13.0 Å². The van der Waals surface area contributed by atoms with Gasteiger partial charge in [-0.1, -0.05) is 5.16 Å². The van der Waals surface area contributed by atoms with E-state index in [2.05, 4.69) is 21.1 Å². The van der Waals surface area contributed by atoms with Crippen LogP contribution in [0.1, 0.15) is 19.3 Å². The molecular weight excluding hydrogens is 312 g/mol. The van der Waals surface area contributed by atoms with Gasteiger partial charge in [-0.15, -0.1) is 0 Å². The molecule has 6 heteroatoms. The maximum absolute atomic E-state index is 8.61. The largest absolute Gasteiger partial charge is 0.497 e. The molecule has 19 heavy (non-hydrogen) atoms. The van der Waals surface area contributed by atoms with E-state index in [-0.39, 0.29) is 11.3 Å². The van der Waals surface area contributed by atoms with Gasteiger partial charge in [-0.25, -0.2) is 0 Å². The smallest absolute Gasteiger partial charge is 0.139 e. The van der Waals surface area contributed by atoms with Gasteiger partial charge in [0.25, 0.3) is 0 Å². The summed E-state index contributed by atoms with van der Waals surface area (Å²) >= 11 is 3.45. The number of methoxy groups -OCH3 is 1. The summed E-state index contributed by atoms with van der Waals surface area (Å²) < 4.78 is 11.8. The van der Waals surface area contributed by atoms with Crippen molar-refractivity contribution in [2.45, 2.75) is 19.3 Å². The molecule has 0 heterocycles. The third kappa shape index (κ3) is 3.53. The monoisotopic (exact) mass is 328 g/mol. The zero-order chi connectivity index (χ0) is 13.9. The maximum Gasteiger partial charge on any atom is 0.139 e. The lowest BCUT2D eigenvalue weighted by molar-refractivity contribution is 0.234. The van der Waals surface area contributed by atoms with Crippen LogP contribution in [0.4, 0.5) is 0 Å². The van der Waals surface area contributed by atoms with Crippen LogP contribution in [0.5, 0.6) is 11.5 Å². The zero-order valence-corrected chi connectivity index (χ0v) is 12.3. The van der Waals surface area contributed by atoms with E-state index >= 15 is 0 Å². The van der Waals surface area contributed by atoms with Gasteiger partial charge in [0, 0.05) is 11.8 Å². The van der Waals surface area contributed by atoms with E-state index in [4.69, 9.17) is 20.4 Å². The minimum Gasteiger partial charge on any atom is -0.497 e. The first-order chi connectivity index (χ1) is 9.08. The van der Waals surface area contributed by atoms with Crippen LogP contribution in [0, 0.1) is 5.41 Å². The number of ether oxygens (including phenoxy) is 2. The second-order valence-electron chi connectivity index (χ2n) is 4.85. The average molecular weight is 329 g/mol. The molecule has 0 aromatic heterocycles. The van der Waals surface area contributed by atoms with Crippen molar-refractivity contribution < 1.29 is 14.7 Å². The Bertz CT molecular complexity index is 487. The van der Waals surface area contributed by atoms with Crippen LogP contribution in [0.3, 0.4) is 0 Å². The minimum absolute atomic E-state index is 0.0235. The molecule has 0 saturated heterocycles. The number of rotatable bonds is 6. The molecule has 0 bridgehead atoms. The Balaban J connectivity index is 1.96. The second-order valence-corrected chi connectivity index (χ2v) is 5.71. The first-order valence-corrected chi connectivity index (χ1v) is 6.81. The second kappa shape index (κ2) is 5.69. The number of hydrogen-bond donors (Lipinski definition) is 2. The van der Waals surface area contributed by atoms with Crippen LogP contribution in [-0.4, -0.2) is 24.8 Å². The predicted octanol–water partition coefficient (Wildman–Crippen LogP) is 2.75. The van der Waals surface area contributed by atoms with E-state index < -0.39 is 0 Å². The molecular formula is C13H17BrN2O3. The van der Waals surface area contributed by atoms with Crippen LogP contribution in [-0.2, 0) is 0 Å². The van der Waals surface area contributed by atoms with Crippen molar-refractivity contribution in [2.75, 3.05) is 13.7 Å². The van der Waals surface area contributed by atoms with Crippen molar-refractivity contribution in [3.63, 3.8) is 0 Å². The summed E-state index contributed by atoms with van der Waals surface area (Å²) in [5.74, 6) is 1.80. The molecule has 0 unspecified atom stereocenters. The number of benzene rings is 1. The molecule has 2 rings (SSSR count). The molecule has 1 aliphatic rings. The van der Waals surface area contributed by atoms with Crippen molar-refractivity contribution in [3.8, 4) is 11.5 Å². The molecule has 0 radical (unpaired) electrons. The molecule has 0 atom stereocenters. The number of oxime groups is 1. The average Bonchev–Trinajstić information content (AvgIpc) is 3.17. The normalized spacial score (nSPS) is 17.1. The predicted molar refractivity (Wildman–Crippen MR) is 75.9 cm³/mol. The fourth-order valence-corrected chi connectivity index (χ4v) is 2.40. The summed E-state index contributed by atoms with van der Waals surface area (Å²) in [6.45, 7) is 0.564. The summed E-state index contributed by atoms with van der Waals surface area (Å²) in [4.78, 5) is 0. The number of halogens is 1. The van der Waals surface area contributed by atoms with Crippen LogP contribution in [0.15, 0.2) is 27.8 Å². The van der Waals surface area contributed by atoms with E-state index in [1.807, 2.05) is 18.2 Å². The molecule has 1 aromatic carbocycles. The molecule has 1 saturated carbocycles. The highest BCUT2D eigenvalue weighted by atomic mass is 79.9. The van der Waals surface area contributed by atoms with Gasteiger partial charge in [-0.3, -0.25) is 0 Å². The third-order valence-electron chi connectivity index (χ3n) is 3.31. The van der Waals surface area contributed by atoms with Gasteiger partial charge in [0.1, 0.15) is 17.3 Å². The summed E-state index contributed by atoms with van der Waals surface area (Å²) in [7, 11) is 1.62. The maximum atomic E-state index is 8.61. The molecule has 0 aliphatic heterocycles. The molecule has 0 spiro atoms. The zero-order valence-electron chi connectivity index (χ0n) is 10.7. The van der Waals surface area contributed by atoms with Crippen LogP contribution in [0.2, 0.25) is 0 Å². The molecule has 3 N–H and O–H groups in total. The molecule has 104 valence electrons. The van der Waals surface area contributed by atoms with Gasteiger partial charge < -0.3 is 20.4 Å². The number of nitrogens with zero attached hydrogens (tertiary/aromatic N) is 1. The molecule has 1 aliphatic carbocycles. The lowest BCUT2D eigenvalue weighted by Crippen LogP contribution is -2.22. The van der Waals surface area contributed by atoms with Crippen molar-refractivity contribution in [1.29, 1.82) is 0 Å². The standard InChI is InChI=1S/C13H17BrN2O3/c1-18-9-2-3-11(10(14)6-9)19-8-13(4-5-13)7-12(15)16-17/h2-3,6,17H,4-5,7-8H2,1H3,(H2,15,16). The molecule has 5 nitrogen and oxygen atoms in total. The van der Waals surface area contributed by atoms with Crippen molar-refractivity contribution in [2.24, 2.45) is 16.3 Å². The van der Waals surface area contributed by atoms with Gasteiger partial charge in [-0.2, -0.15) is 0 Å². The fraction of sp³-hybridized carbons (Fsp3) is 0.462. The lowest BCUT2D eigenvalue weighted by atomic mass is 10.0. The summed E-state index contributed by atoms with van der Waals surface area (Å²) in [6.07, 6.45) is 2.64. The van der Waals surface area contributed by atoms with Gasteiger partial charge >= 0.3 is 0 Å². The highest BCUT2D eigenvalue weighted by Gasteiger charge is 2.44.